The van der Waals surface area contributed by atoms with E-state index in [0.717, 1.165) is 32.1 Å². The predicted molar refractivity (Wildman–Crippen MR) is 70.6 cm³/mol. The van der Waals surface area contributed by atoms with Gasteiger partial charge in [-0.2, -0.15) is 0 Å². The Morgan fingerprint density at radius 2 is 2.00 bits per heavy atom. The highest BCUT2D eigenvalue weighted by molar-refractivity contribution is 5.84. The summed E-state index contributed by atoms with van der Waals surface area (Å²) in [5.74, 6) is -1.23. The Kier molecular flexibility index (Phi) is 6.80. The number of amides is 1. The lowest BCUT2D eigenvalue weighted by Crippen LogP contribution is -2.47. The van der Waals surface area contributed by atoms with E-state index in [1.54, 1.807) is 0 Å². The van der Waals surface area contributed by atoms with Crippen LogP contribution in [0.15, 0.2) is 0 Å². The largest absolute Gasteiger partial charge is 0.480 e. The fourth-order valence-electron chi connectivity index (χ4n) is 2.55. The average Bonchev–Trinajstić information content (AvgIpc) is 2.42. The summed E-state index contributed by atoms with van der Waals surface area (Å²) in [6, 6.07) is -0.789. The van der Waals surface area contributed by atoms with Crippen LogP contribution in [-0.2, 0) is 14.3 Å². The van der Waals surface area contributed by atoms with Crippen molar-refractivity contribution in [2.24, 2.45) is 11.7 Å². The maximum atomic E-state index is 11.8. The number of nitrogens with one attached hydrogen (secondary N) is 1. The molecule has 0 aromatic carbocycles. The second-order valence-corrected chi connectivity index (χ2v) is 5.08. The number of hydrogen-bond donors (Lipinski definition) is 3. The summed E-state index contributed by atoms with van der Waals surface area (Å²) in [7, 11) is 1.49. The van der Waals surface area contributed by atoms with E-state index in [4.69, 9.17) is 10.5 Å². The highest BCUT2D eigenvalue weighted by atomic mass is 16.5. The molecule has 1 amide bonds. The van der Waals surface area contributed by atoms with Crippen LogP contribution in [0.4, 0.5) is 0 Å². The minimum absolute atomic E-state index is 0.0362. The van der Waals surface area contributed by atoms with Crippen LogP contribution in [0.25, 0.3) is 0 Å². The molecule has 1 rings (SSSR count). The number of carbonyl (C=O) groups excluding carboxylic acids is 1. The topological polar surface area (TPSA) is 102 Å². The molecule has 110 valence electrons. The van der Waals surface area contributed by atoms with Gasteiger partial charge in [0.1, 0.15) is 6.04 Å². The molecule has 6 nitrogen and oxygen atoms in total. The number of hydrogen-bond acceptors (Lipinski definition) is 4. The van der Waals surface area contributed by atoms with Crippen molar-refractivity contribution in [3.05, 3.63) is 0 Å². The summed E-state index contributed by atoms with van der Waals surface area (Å²) >= 11 is 0. The lowest BCUT2D eigenvalue weighted by atomic mass is 9.84. The van der Waals surface area contributed by atoms with Gasteiger partial charge in [0, 0.05) is 13.7 Å². The molecule has 0 heterocycles. The van der Waals surface area contributed by atoms with E-state index in [1.807, 2.05) is 0 Å². The van der Waals surface area contributed by atoms with Gasteiger partial charge < -0.3 is 20.9 Å². The molecular formula is C13H24N2O4. The number of aliphatic carboxylic acids is 1. The van der Waals surface area contributed by atoms with Crippen molar-refractivity contribution in [3.8, 4) is 0 Å². The molecule has 0 saturated heterocycles. The molecule has 1 aliphatic rings. The summed E-state index contributed by atoms with van der Waals surface area (Å²) in [6.45, 7) is 0.241. The molecule has 0 aliphatic heterocycles. The molecule has 2 unspecified atom stereocenters. The lowest BCUT2D eigenvalue weighted by molar-refractivity contribution is -0.144. The Morgan fingerprint density at radius 3 is 2.47 bits per heavy atom. The van der Waals surface area contributed by atoms with Crippen LogP contribution in [0, 0.1) is 5.92 Å². The molecule has 0 aromatic heterocycles. The zero-order valence-electron chi connectivity index (χ0n) is 11.4. The first-order chi connectivity index (χ1) is 9.08. The molecule has 0 aromatic rings. The molecule has 6 heteroatoms. The predicted octanol–water partition coefficient (Wildman–Crippen LogP) is 0.500. The van der Waals surface area contributed by atoms with Gasteiger partial charge >= 0.3 is 5.97 Å². The second-order valence-electron chi connectivity index (χ2n) is 5.08. The third kappa shape index (κ3) is 5.16. The first-order valence-corrected chi connectivity index (χ1v) is 6.83. The van der Waals surface area contributed by atoms with Crippen LogP contribution < -0.4 is 11.1 Å². The van der Waals surface area contributed by atoms with E-state index in [2.05, 4.69) is 5.32 Å². The molecule has 0 bridgehead atoms. The van der Waals surface area contributed by atoms with E-state index in [-0.39, 0.29) is 30.9 Å². The molecule has 19 heavy (non-hydrogen) atoms. The number of carboxylic acid groups (broad SMARTS) is 1. The van der Waals surface area contributed by atoms with E-state index < -0.39 is 12.0 Å². The van der Waals surface area contributed by atoms with Gasteiger partial charge in [0.15, 0.2) is 0 Å². The standard InChI is InChI=1S/C13H24N2O4/c1-19-10(8-14)7-11(16)15-12(13(17)18)9-5-3-2-4-6-9/h9-10,12H,2-8,14H2,1H3,(H,15,16)(H,17,18). The van der Waals surface area contributed by atoms with Crippen LogP contribution in [-0.4, -0.2) is 42.8 Å². The highest BCUT2D eigenvalue weighted by Gasteiger charge is 2.31. The molecule has 2 atom stereocenters. The Labute approximate surface area is 113 Å². The summed E-state index contributed by atoms with van der Waals surface area (Å²) in [5, 5.41) is 11.9. The Balaban J connectivity index is 2.52. The van der Waals surface area contributed by atoms with Crippen LogP contribution in [0.1, 0.15) is 38.5 Å². The normalized spacial score (nSPS) is 19.7. The number of rotatable bonds is 7. The first kappa shape index (κ1) is 15.9. The summed E-state index contributed by atoms with van der Waals surface area (Å²) in [4.78, 5) is 23.1. The van der Waals surface area contributed by atoms with Crippen molar-refractivity contribution in [3.63, 3.8) is 0 Å². The van der Waals surface area contributed by atoms with Crippen molar-refractivity contribution in [1.29, 1.82) is 0 Å². The van der Waals surface area contributed by atoms with Crippen molar-refractivity contribution in [2.75, 3.05) is 13.7 Å². The second kappa shape index (κ2) is 8.12. The average molecular weight is 272 g/mol. The van der Waals surface area contributed by atoms with Gasteiger partial charge in [-0.25, -0.2) is 4.79 Å². The Morgan fingerprint density at radius 1 is 1.37 bits per heavy atom. The van der Waals surface area contributed by atoms with Crippen LogP contribution >= 0.6 is 0 Å². The van der Waals surface area contributed by atoms with Crippen LogP contribution in [0.2, 0.25) is 0 Å². The third-order valence-electron chi connectivity index (χ3n) is 3.71. The van der Waals surface area contributed by atoms with Gasteiger partial charge in [0.2, 0.25) is 5.91 Å². The van der Waals surface area contributed by atoms with E-state index >= 15 is 0 Å². The Bertz CT molecular complexity index is 299. The quantitative estimate of drug-likeness (QED) is 0.626. The number of carbonyl (C=O) groups is 2. The minimum Gasteiger partial charge on any atom is -0.480 e. The molecule has 0 spiro atoms. The SMILES string of the molecule is COC(CN)CC(=O)NC(C(=O)O)C1CCCCC1. The van der Waals surface area contributed by atoms with Crippen molar-refractivity contribution in [2.45, 2.75) is 50.7 Å². The van der Waals surface area contributed by atoms with Gasteiger partial charge in [-0.05, 0) is 18.8 Å². The number of carboxylic acids is 1. The van der Waals surface area contributed by atoms with Crippen LogP contribution in [0.5, 0.6) is 0 Å². The zero-order chi connectivity index (χ0) is 14.3. The minimum atomic E-state index is -0.957. The molecular weight excluding hydrogens is 248 g/mol. The summed E-state index contributed by atoms with van der Waals surface area (Å²) in [5.41, 5.74) is 5.44. The van der Waals surface area contributed by atoms with E-state index in [9.17, 15) is 14.7 Å². The maximum absolute atomic E-state index is 11.8. The van der Waals surface area contributed by atoms with Gasteiger partial charge in [-0.15, -0.1) is 0 Å². The molecule has 1 fully saturated rings. The summed E-state index contributed by atoms with van der Waals surface area (Å²) < 4.78 is 5.02. The van der Waals surface area contributed by atoms with Crippen molar-refractivity contribution in [1.82, 2.24) is 5.32 Å². The molecule has 1 saturated carbocycles. The van der Waals surface area contributed by atoms with Gasteiger partial charge in [-0.3, -0.25) is 4.79 Å². The van der Waals surface area contributed by atoms with Crippen LogP contribution in [0.3, 0.4) is 0 Å². The lowest BCUT2D eigenvalue weighted by Gasteiger charge is -2.28. The van der Waals surface area contributed by atoms with Gasteiger partial charge in [0.05, 0.1) is 12.5 Å². The van der Waals surface area contributed by atoms with Crippen molar-refractivity contribution >= 4 is 11.9 Å². The van der Waals surface area contributed by atoms with Gasteiger partial charge in [-0.1, -0.05) is 19.3 Å². The molecule has 1 aliphatic carbocycles. The fraction of sp³-hybridized carbons (Fsp3) is 0.846. The summed E-state index contributed by atoms with van der Waals surface area (Å²) in [6.07, 6.45) is 4.69. The monoisotopic (exact) mass is 272 g/mol. The first-order valence-electron chi connectivity index (χ1n) is 6.83. The fourth-order valence-corrected chi connectivity index (χ4v) is 2.55. The number of ether oxygens (including phenoxy) is 1. The zero-order valence-corrected chi connectivity index (χ0v) is 11.4. The van der Waals surface area contributed by atoms with Gasteiger partial charge in [0.25, 0.3) is 0 Å². The van der Waals surface area contributed by atoms with E-state index in [1.165, 1.54) is 7.11 Å². The smallest absolute Gasteiger partial charge is 0.326 e. The van der Waals surface area contributed by atoms with Crippen molar-refractivity contribution < 1.29 is 19.4 Å². The number of nitrogens with two attached hydrogens (primary N) is 1. The molecule has 4 N–H and O–H groups in total. The Hall–Kier alpha value is -1.14. The number of methoxy groups -OCH3 is 1. The molecule has 0 radical (unpaired) electrons. The van der Waals surface area contributed by atoms with E-state index in [0.29, 0.717) is 0 Å². The third-order valence-corrected chi connectivity index (χ3v) is 3.71. The maximum Gasteiger partial charge on any atom is 0.326 e. The highest BCUT2D eigenvalue weighted by Crippen LogP contribution is 2.26.